The minimum absolute atomic E-state index is 0.194. The quantitative estimate of drug-likeness (QED) is 0.683. The van der Waals surface area contributed by atoms with Crippen molar-refractivity contribution in [2.45, 2.75) is 57.8 Å². The number of rotatable bonds is 4. The van der Waals surface area contributed by atoms with Crippen molar-refractivity contribution in [1.29, 1.82) is 0 Å². The number of likely N-dealkylation sites (tertiary alicyclic amines) is 1. The summed E-state index contributed by atoms with van der Waals surface area (Å²) in [6, 6.07) is 15.3. The lowest BCUT2D eigenvalue weighted by atomic mass is 9.66. The standard InChI is InChI=1S/C27H31N3O4/c1-26(2)17-29(15-18-6-4-3-5-7-18)13-12-27(26,34)20-8-9-21-19(14-20)16-30(25(21)33)22-10-11-23(31)28-24(22)32/h3-9,14,22,34H,10-13,15-17H2,1-2H3,(H,28,31,32). The maximum atomic E-state index is 13.0. The molecule has 7 heteroatoms. The van der Waals surface area contributed by atoms with Crippen LogP contribution in [0.25, 0.3) is 0 Å². The Labute approximate surface area is 199 Å². The molecule has 2 fully saturated rings. The van der Waals surface area contributed by atoms with Crippen molar-refractivity contribution in [2.24, 2.45) is 5.41 Å². The van der Waals surface area contributed by atoms with Gasteiger partial charge in [-0.15, -0.1) is 0 Å². The Morgan fingerprint density at radius 2 is 1.85 bits per heavy atom. The summed E-state index contributed by atoms with van der Waals surface area (Å²) in [4.78, 5) is 40.8. The molecule has 2 atom stereocenters. The average molecular weight is 462 g/mol. The molecule has 0 aromatic heterocycles. The van der Waals surface area contributed by atoms with E-state index in [0.717, 1.165) is 30.8 Å². The number of hydrogen-bond acceptors (Lipinski definition) is 5. The molecule has 0 radical (unpaired) electrons. The summed E-state index contributed by atoms with van der Waals surface area (Å²) in [6.07, 6.45) is 1.16. The van der Waals surface area contributed by atoms with E-state index < -0.39 is 23.0 Å². The van der Waals surface area contributed by atoms with Crippen LogP contribution < -0.4 is 5.32 Å². The molecule has 5 rings (SSSR count). The molecule has 7 nitrogen and oxygen atoms in total. The number of imide groups is 1. The number of carbonyl (C=O) groups is 3. The highest BCUT2D eigenvalue weighted by Crippen LogP contribution is 2.47. The number of hydrogen-bond donors (Lipinski definition) is 2. The average Bonchev–Trinajstić information content (AvgIpc) is 3.12. The summed E-state index contributed by atoms with van der Waals surface area (Å²) in [5, 5.41) is 14.2. The number of carbonyl (C=O) groups excluding carboxylic acids is 3. The van der Waals surface area contributed by atoms with Gasteiger partial charge < -0.3 is 10.0 Å². The van der Waals surface area contributed by atoms with Crippen LogP contribution in [0.5, 0.6) is 0 Å². The summed E-state index contributed by atoms with van der Waals surface area (Å²) >= 11 is 0. The van der Waals surface area contributed by atoms with Gasteiger partial charge in [0.05, 0.1) is 5.60 Å². The normalized spacial score (nSPS) is 27.0. The second-order valence-corrected chi connectivity index (χ2v) is 10.5. The first kappa shape index (κ1) is 22.7. The number of aliphatic hydroxyl groups is 1. The maximum absolute atomic E-state index is 13.0. The zero-order valence-electron chi connectivity index (χ0n) is 19.7. The van der Waals surface area contributed by atoms with Crippen LogP contribution in [0, 0.1) is 5.41 Å². The second-order valence-electron chi connectivity index (χ2n) is 10.5. The lowest BCUT2D eigenvalue weighted by molar-refractivity contribution is -0.136. The Kier molecular flexibility index (Phi) is 5.57. The monoisotopic (exact) mass is 461 g/mol. The summed E-state index contributed by atoms with van der Waals surface area (Å²) < 4.78 is 0. The number of amides is 3. The highest BCUT2D eigenvalue weighted by molar-refractivity contribution is 6.05. The Morgan fingerprint density at radius 1 is 1.09 bits per heavy atom. The second kappa shape index (κ2) is 8.32. The predicted molar refractivity (Wildman–Crippen MR) is 127 cm³/mol. The van der Waals surface area contributed by atoms with E-state index in [9.17, 15) is 19.5 Å². The molecule has 0 aliphatic carbocycles. The van der Waals surface area contributed by atoms with E-state index in [1.165, 1.54) is 5.56 Å². The van der Waals surface area contributed by atoms with Crippen molar-refractivity contribution in [3.05, 3.63) is 70.8 Å². The van der Waals surface area contributed by atoms with E-state index in [4.69, 9.17) is 0 Å². The third kappa shape index (κ3) is 3.83. The van der Waals surface area contributed by atoms with Gasteiger partial charge >= 0.3 is 0 Å². The predicted octanol–water partition coefficient (Wildman–Crippen LogP) is 2.57. The van der Waals surface area contributed by atoms with E-state index in [2.05, 4.69) is 36.2 Å². The molecule has 2 saturated heterocycles. The van der Waals surface area contributed by atoms with Gasteiger partial charge in [0, 0.05) is 43.6 Å². The molecule has 34 heavy (non-hydrogen) atoms. The molecule has 178 valence electrons. The Hall–Kier alpha value is -3.03. The van der Waals surface area contributed by atoms with Gasteiger partial charge in [-0.2, -0.15) is 0 Å². The van der Waals surface area contributed by atoms with Crippen molar-refractivity contribution in [2.75, 3.05) is 13.1 Å². The van der Waals surface area contributed by atoms with E-state index in [1.54, 1.807) is 11.0 Å². The van der Waals surface area contributed by atoms with E-state index >= 15 is 0 Å². The first-order valence-electron chi connectivity index (χ1n) is 11.9. The van der Waals surface area contributed by atoms with Gasteiger partial charge in [-0.25, -0.2) is 0 Å². The van der Waals surface area contributed by atoms with Crippen LogP contribution in [0.1, 0.15) is 60.2 Å². The van der Waals surface area contributed by atoms with Crippen LogP contribution >= 0.6 is 0 Å². The number of fused-ring (bicyclic) bond motifs is 1. The van der Waals surface area contributed by atoms with Gasteiger partial charge in [0.15, 0.2) is 0 Å². The van der Waals surface area contributed by atoms with Crippen molar-refractivity contribution in [1.82, 2.24) is 15.1 Å². The molecule has 2 aromatic carbocycles. The smallest absolute Gasteiger partial charge is 0.255 e. The molecule has 0 bridgehead atoms. The molecule has 3 amide bonds. The van der Waals surface area contributed by atoms with Crippen LogP contribution in [0.15, 0.2) is 48.5 Å². The molecule has 3 aliphatic heterocycles. The summed E-state index contributed by atoms with van der Waals surface area (Å²) in [7, 11) is 0. The molecule has 3 aliphatic rings. The third-order valence-electron chi connectivity index (χ3n) is 7.78. The maximum Gasteiger partial charge on any atom is 0.255 e. The fourth-order valence-electron chi connectivity index (χ4n) is 5.77. The first-order chi connectivity index (χ1) is 16.2. The molecule has 3 heterocycles. The molecule has 2 N–H and O–H groups in total. The van der Waals surface area contributed by atoms with Gasteiger partial charge in [-0.1, -0.05) is 56.3 Å². The van der Waals surface area contributed by atoms with Crippen LogP contribution in [0.4, 0.5) is 0 Å². The highest BCUT2D eigenvalue weighted by atomic mass is 16.3. The summed E-state index contributed by atoms with van der Waals surface area (Å²) in [5.74, 6) is -0.904. The number of piperidine rings is 2. The van der Waals surface area contributed by atoms with Gasteiger partial charge in [-0.05, 0) is 35.6 Å². The van der Waals surface area contributed by atoms with E-state index in [0.29, 0.717) is 24.9 Å². The molecular weight excluding hydrogens is 430 g/mol. The molecule has 0 saturated carbocycles. The van der Waals surface area contributed by atoms with Gasteiger partial charge in [0.2, 0.25) is 11.8 Å². The Bertz CT molecular complexity index is 1150. The minimum atomic E-state index is -1.03. The van der Waals surface area contributed by atoms with Crippen molar-refractivity contribution >= 4 is 17.7 Å². The molecule has 0 spiro atoms. The van der Waals surface area contributed by atoms with Crippen molar-refractivity contribution in [3.63, 3.8) is 0 Å². The fraction of sp³-hybridized carbons (Fsp3) is 0.444. The van der Waals surface area contributed by atoms with Crippen LogP contribution in [0.3, 0.4) is 0 Å². The van der Waals surface area contributed by atoms with Crippen molar-refractivity contribution < 1.29 is 19.5 Å². The number of nitrogens with one attached hydrogen (secondary N) is 1. The van der Waals surface area contributed by atoms with Crippen molar-refractivity contribution in [3.8, 4) is 0 Å². The van der Waals surface area contributed by atoms with Crippen LogP contribution in [0.2, 0.25) is 0 Å². The van der Waals surface area contributed by atoms with Gasteiger partial charge in [-0.3, -0.25) is 24.6 Å². The minimum Gasteiger partial charge on any atom is -0.385 e. The van der Waals surface area contributed by atoms with Crippen LogP contribution in [-0.4, -0.2) is 51.8 Å². The van der Waals surface area contributed by atoms with Gasteiger partial charge in [0.1, 0.15) is 6.04 Å². The number of benzene rings is 2. The lowest BCUT2D eigenvalue weighted by Crippen LogP contribution is -2.55. The summed E-state index contributed by atoms with van der Waals surface area (Å²) in [6.45, 7) is 6.87. The largest absolute Gasteiger partial charge is 0.385 e. The highest BCUT2D eigenvalue weighted by Gasteiger charge is 2.49. The fourth-order valence-corrected chi connectivity index (χ4v) is 5.77. The topological polar surface area (TPSA) is 89.9 Å². The lowest BCUT2D eigenvalue weighted by Gasteiger charge is -2.50. The number of nitrogens with zero attached hydrogens (tertiary/aromatic N) is 2. The first-order valence-corrected chi connectivity index (χ1v) is 11.9. The molecule has 2 unspecified atom stereocenters. The van der Waals surface area contributed by atoms with E-state index in [1.807, 2.05) is 30.3 Å². The SMILES string of the molecule is CC1(C)CN(Cc2ccccc2)CCC1(O)c1ccc2c(c1)CN(C1CCC(=O)NC1=O)C2=O. The van der Waals surface area contributed by atoms with Gasteiger partial charge in [0.25, 0.3) is 5.91 Å². The van der Waals surface area contributed by atoms with Crippen LogP contribution in [-0.2, 0) is 28.3 Å². The zero-order valence-corrected chi connectivity index (χ0v) is 19.7. The molecule has 2 aromatic rings. The Morgan fingerprint density at radius 3 is 2.56 bits per heavy atom. The zero-order chi connectivity index (χ0) is 24.1. The summed E-state index contributed by atoms with van der Waals surface area (Å²) in [5.41, 5.74) is 2.03. The van der Waals surface area contributed by atoms with E-state index in [-0.39, 0.29) is 18.2 Å². The molecular formula is C27H31N3O4. The Balaban J connectivity index is 1.35. The third-order valence-corrected chi connectivity index (χ3v) is 7.78.